The van der Waals surface area contributed by atoms with Crippen LogP contribution in [0.2, 0.25) is 0 Å². The van der Waals surface area contributed by atoms with Crippen LogP contribution in [-0.2, 0) is 12.5 Å². The minimum atomic E-state index is -0.715. The van der Waals surface area contributed by atoms with Crippen molar-refractivity contribution in [2.45, 2.75) is 19.3 Å². The van der Waals surface area contributed by atoms with Gasteiger partial charge in [0.15, 0.2) is 0 Å². The van der Waals surface area contributed by atoms with Crippen LogP contribution in [0.3, 0.4) is 0 Å². The Labute approximate surface area is 194 Å². The smallest absolute Gasteiger partial charge is 0.326 e. The highest BCUT2D eigenvalue weighted by Gasteiger charge is 2.24. The van der Waals surface area contributed by atoms with Gasteiger partial charge in [0.25, 0.3) is 0 Å². The Morgan fingerprint density at radius 1 is 1.21 bits per heavy atom. The average Bonchev–Trinajstić information content (AvgIpc) is 3.45. The number of halogens is 1. The highest BCUT2D eigenvalue weighted by molar-refractivity contribution is 5.99. The summed E-state index contributed by atoms with van der Waals surface area (Å²) in [6, 6.07) is 8.23. The van der Waals surface area contributed by atoms with Crippen LogP contribution in [0.1, 0.15) is 19.5 Å². The van der Waals surface area contributed by atoms with E-state index in [1.54, 1.807) is 43.1 Å². The van der Waals surface area contributed by atoms with E-state index in [1.807, 2.05) is 13.2 Å². The van der Waals surface area contributed by atoms with E-state index in [9.17, 15) is 14.3 Å². The third-order valence-electron chi connectivity index (χ3n) is 4.99. The number of ether oxygens (including phenoxy) is 1. The predicted octanol–water partition coefficient (Wildman–Crippen LogP) is 4.32. The van der Waals surface area contributed by atoms with Crippen LogP contribution in [0, 0.1) is 5.82 Å². The Hall–Kier alpha value is -4.25. The summed E-state index contributed by atoms with van der Waals surface area (Å²) in [7, 11) is 1.81. The first kappa shape index (κ1) is 22.9. The van der Waals surface area contributed by atoms with Gasteiger partial charge in [-0.25, -0.2) is 9.18 Å². The third-order valence-corrected chi connectivity index (χ3v) is 4.99. The number of nitrogens with zero attached hydrogens (tertiary/aromatic N) is 4. The van der Waals surface area contributed by atoms with Gasteiger partial charge < -0.3 is 19.7 Å². The van der Waals surface area contributed by atoms with E-state index in [0.717, 1.165) is 11.6 Å². The summed E-state index contributed by atoms with van der Waals surface area (Å²) in [6.45, 7) is 3.41. The molecule has 0 aliphatic rings. The van der Waals surface area contributed by atoms with Crippen molar-refractivity contribution in [1.29, 1.82) is 0 Å². The molecule has 0 spiro atoms. The Bertz CT molecular complexity index is 1320. The van der Waals surface area contributed by atoms with Crippen molar-refractivity contribution in [2.24, 2.45) is 7.05 Å². The summed E-state index contributed by atoms with van der Waals surface area (Å²) in [5, 5.41) is 22.2. The fraction of sp³-hybridized carbons (Fsp3) is 0.217. The number of aromatic nitrogens is 4. The van der Waals surface area contributed by atoms with Crippen LogP contribution in [-0.4, -0.2) is 37.7 Å². The molecule has 176 valence electrons. The highest BCUT2D eigenvalue weighted by atomic mass is 19.1. The number of rotatable bonds is 7. The molecule has 3 aromatic heterocycles. The zero-order valence-corrected chi connectivity index (χ0v) is 18.7. The number of hydrogen-bond acceptors (Lipinski definition) is 7. The summed E-state index contributed by atoms with van der Waals surface area (Å²) in [4.78, 5) is 16.5. The zero-order valence-electron chi connectivity index (χ0n) is 18.7. The summed E-state index contributed by atoms with van der Waals surface area (Å²) < 4.78 is 27.1. The average molecular weight is 466 g/mol. The van der Waals surface area contributed by atoms with Gasteiger partial charge in [0.05, 0.1) is 29.9 Å². The minimum Gasteiger partial charge on any atom is -0.457 e. The normalized spacial score (nSPS) is 11.3. The quantitative estimate of drug-likeness (QED) is 0.370. The van der Waals surface area contributed by atoms with Gasteiger partial charge in [0, 0.05) is 48.6 Å². The summed E-state index contributed by atoms with van der Waals surface area (Å²) in [5.41, 5.74) is 1.28. The molecule has 0 aliphatic heterocycles. The highest BCUT2D eigenvalue weighted by Crippen LogP contribution is 2.28. The first-order valence-electron chi connectivity index (χ1n) is 10.3. The number of urea groups is 1. The van der Waals surface area contributed by atoms with Crippen LogP contribution in [0.15, 0.2) is 59.5 Å². The number of aryl methyl sites for hydroxylation is 1. The lowest BCUT2D eigenvalue weighted by Gasteiger charge is -2.16. The molecule has 0 aliphatic carbocycles. The maximum atomic E-state index is 14.6. The summed E-state index contributed by atoms with van der Waals surface area (Å²) in [5.74, 6) is 0.0990. The van der Waals surface area contributed by atoms with Crippen molar-refractivity contribution < 1.29 is 23.6 Å². The largest absolute Gasteiger partial charge is 0.457 e. The molecular formula is C23H23FN6O4. The Morgan fingerprint density at radius 3 is 2.71 bits per heavy atom. The molecule has 11 heteroatoms. The summed E-state index contributed by atoms with van der Waals surface area (Å²) >= 11 is 0. The molecule has 2 amide bonds. The molecule has 0 saturated heterocycles. The number of aliphatic hydroxyl groups is 1. The van der Waals surface area contributed by atoms with Crippen molar-refractivity contribution in [3.05, 3.63) is 66.5 Å². The zero-order chi connectivity index (χ0) is 24.3. The predicted molar refractivity (Wildman–Crippen MR) is 122 cm³/mol. The maximum Gasteiger partial charge on any atom is 0.326 e. The number of amides is 2. The third kappa shape index (κ3) is 5.21. The molecule has 0 bridgehead atoms. The molecule has 0 unspecified atom stereocenters. The standard InChI is InChI=1S/C23H23FN6O4/c1-23(2,13-31)20-10-21(34-29-20)28-22(32)27-18-5-4-15(8-17(18)24)33-16-6-7-25-19(9-16)14-11-26-30(3)12-14/h4-12,31H,13H2,1-3H3,(H2,27,28,32). The molecule has 0 atom stereocenters. The van der Waals surface area contributed by atoms with E-state index in [4.69, 9.17) is 9.26 Å². The van der Waals surface area contributed by atoms with E-state index in [-0.39, 0.29) is 23.9 Å². The van der Waals surface area contributed by atoms with Crippen molar-refractivity contribution >= 4 is 17.6 Å². The van der Waals surface area contributed by atoms with E-state index in [2.05, 4.69) is 25.9 Å². The second kappa shape index (κ2) is 9.32. The molecular weight excluding hydrogens is 443 g/mol. The topological polar surface area (TPSA) is 127 Å². The SMILES string of the molecule is Cn1cc(-c2cc(Oc3ccc(NC(=O)Nc4cc(C(C)(C)CO)no4)c(F)c3)ccn2)cn1. The lowest BCUT2D eigenvalue weighted by Crippen LogP contribution is -2.22. The number of anilines is 2. The number of carbonyl (C=O) groups is 1. The van der Waals surface area contributed by atoms with Gasteiger partial charge in [-0.2, -0.15) is 5.10 Å². The van der Waals surface area contributed by atoms with Gasteiger partial charge >= 0.3 is 6.03 Å². The van der Waals surface area contributed by atoms with Gasteiger partial charge in [-0.05, 0) is 18.2 Å². The Morgan fingerprint density at radius 2 is 2.00 bits per heavy atom. The Kier molecular flexibility index (Phi) is 6.28. The number of nitrogens with one attached hydrogen (secondary N) is 2. The molecule has 3 heterocycles. The molecule has 4 aromatic rings. The van der Waals surface area contributed by atoms with Crippen LogP contribution >= 0.6 is 0 Å². The van der Waals surface area contributed by atoms with Crippen molar-refractivity contribution in [3.8, 4) is 22.8 Å². The molecule has 4 rings (SSSR count). The molecule has 0 fully saturated rings. The monoisotopic (exact) mass is 466 g/mol. The maximum absolute atomic E-state index is 14.6. The molecule has 34 heavy (non-hydrogen) atoms. The first-order chi connectivity index (χ1) is 16.2. The van der Waals surface area contributed by atoms with Crippen molar-refractivity contribution in [2.75, 3.05) is 17.2 Å². The number of hydrogen-bond donors (Lipinski definition) is 3. The van der Waals surface area contributed by atoms with Crippen LogP contribution in [0.25, 0.3) is 11.3 Å². The number of carbonyl (C=O) groups excluding carboxylic acids is 1. The molecule has 3 N–H and O–H groups in total. The van der Waals surface area contributed by atoms with Crippen molar-refractivity contribution in [1.82, 2.24) is 19.9 Å². The first-order valence-corrected chi connectivity index (χ1v) is 10.3. The van der Waals surface area contributed by atoms with Gasteiger partial charge in [0.2, 0.25) is 5.88 Å². The van der Waals surface area contributed by atoms with E-state index in [1.165, 1.54) is 18.2 Å². The number of benzene rings is 1. The molecule has 1 aromatic carbocycles. The van der Waals surface area contributed by atoms with Crippen molar-refractivity contribution in [3.63, 3.8) is 0 Å². The van der Waals surface area contributed by atoms with Gasteiger partial charge in [-0.3, -0.25) is 15.0 Å². The summed E-state index contributed by atoms with van der Waals surface area (Å²) in [6.07, 6.45) is 5.10. The van der Waals surface area contributed by atoms with E-state index < -0.39 is 17.3 Å². The van der Waals surface area contributed by atoms with Crippen LogP contribution in [0.5, 0.6) is 11.5 Å². The second-order valence-electron chi connectivity index (χ2n) is 8.22. The molecule has 0 radical (unpaired) electrons. The van der Waals surface area contributed by atoms with E-state index >= 15 is 0 Å². The van der Waals surface area contributed by atoms with Gasteiger partial charge in [0.1, 0.15) is 17.3 Å². The number of aliphatic hydroxyl groups excluding tert-OH is 1. The number of pyridine rings is 1. The van der Waals surface area contributed by atoms with E-state index in [0.29, 0.717) is 17.1 Å². The fourth-order valence-corrected chi connectivity index (χ4v) is 2.98. The Balaban J connectivity index is 1.40. The fourth-order valence-electron chi connectivity index (χ4n) is 2.98. The molecule has 10 nitrogen and oxygen atoms in total. The van der Waals surface area contributed by atoms with Crippen LogP contribution in [0.4, 0.5) is 20.8 Å². The lowest BCUT2D eigenvalue weighted by molar-refractivity contribution is 0.210. The second-order valence-corrected chi connectivity index (χ2v) is 8.22. The van der Waals surface area contributed by atoms with Gasteiger partial charge in [-0.1, -0.05) is 19.0 Å². The van der Waals surface area contributed by atoms with Gasteiger partial charge in [-0.15, -0.1) is 0 Å². The minimum absolute atomic E-state index is 0.0499. The van der Waals surface area contributed by atoms with Crippen LogP contribution < -0.4 is 15.4 Å². The molecule has 0 saturated carbocycles. The lowest BCUT2D eigenvalue weighted by atomic mass is 9.91.